The predicted octanol–water partition coefficient (Wildman–Crippen LogP) is 4.44. The second kappa shape index (κ2) is 8.77. The maximum absolute atomic E-state index is 9.76. The van der Waals surface area contributed by atoms with Crippen LogP contribution in [0.4, 0.5) is 0 Å². The highest BCUT2D eigenvalue weighted by Gasteiger charge is 2.24. The van der Waals surface area contributed by atoms with E-state index in [0.717, 1.165) is 19.3 Å². The van der Waals surface area contributed by atoms with Gasteiger partial charge in [-0.05, 0) is 12.8 Å². The van der Waals surface area contributed by atoms with Gasteiger partial charge in [-0.3, -0.25) is 0 Å². The average Bonchev–Trinajstić information content (AvgIpc) is 2.24. The highest BCUT2D eigenvalue weighted by atomic mass is 28.3. The molecule has 0 aromatic rings. The molecule has 1 nitrogen and oxygen atoms in total. The van der Waals surface area contributed by atoms with E-state index in [4.69, 9.17) is 0 Å². The van der Waals surface area contributed by atoms with Gasteiger partial charge in [-0.25, -0.2) is 0 Å². The number of unbranched alkanes of at least 4 members (excludes halogenated alkanes) is 2. The van der Waals surface area contributed by atoms with Crippen molar-refractivity contribution in [2.45, 2.75) is 83.7 Å². The Labute approximate surface area is 109 Å². The number of rotatable bonds is 7. The zero-order valence-electron chi connectivity index (χ0n) is 12.3. The largest absolute Gasteiger partial charge is 0.380 e. The minimum absolute atomic E-state index is 0.407. The monoisotopic (exact) mass is 254 g/mol. The topological polar surface area (TPSA) is 20.2 Å². The van der Waals surface area contributed by atoms with E-state index in [1.165, 1.54) is 19.3 Å². The van der Waals surface area contributed by atoms with Crippen molar-refractivity contribution >= 4 is 8.07 Å². The Kier molecular flexibility index (Phi) is 8.64. The standard InChI is InChI=1S/C15H30OSi/c1-6-8-10-14(16)12-13-15(11-9-7-2)17(3,4)5/h14-16H,6-11H2,1-5H3. The van der Waals surface area contributed by atoms with Crippen molar-refractivity contribution in [2.24, 2.45) is 0 Å². The maximum atomic E-state index is 9.76. The lowest BCUT2D eigenvalue weighted by Crippen LogP contribution is -2.27. The third kappa shape index (κ3) is 8.46. The van der Waals surface area contributed by atoms with Crippen LogP contribution in [-0.4, -0.2) is 19.3 Å². The van der Waals surface area contributed by atoms with Gasteiger partial charge in [0.1, 0.15) is 6.10 Å². The van der Waals surface area contributed by atoms with Crippen LogP contribution in [-0.2, 0) is 0 Å². The summed E-state index contributed by atoms with van der Waals surface area (Å²) in [4.78, 5) is 0. The van der Waals surface area contributed by atoms with Crippen molar-refractivity contribution in [2.75, 3.05) is 0 Å². The summed E-state index contributed by atoms with van der Waals surface area (Å²) in [6, 6.07) is 0. The first kappa shape index (κ1) is 16.7. The van der Waals surface area contributed by atoms with Crippen LogP contribution in [0.3, 0.4) is 0 Å². The van der Waals surface area contributed by atoms with Gasteiger partial charge < -0.3 is 5.11 Å². The van der Waals surface area contributed by atoms with Crippen LogP contribution < -0.4 is 0 Å². The second-order valence-electron chi connectivity index (χ2n) is 6.01. The van der Waals surface area contributed by atoms with Crippen molar-refractivity contribution in [1.82, 2.24) is 0 Å². The molecule has 0 saturated carbocycles. The highest BCUT2D eigenvalue weighted by molar-refractivity contribution is 6.78. The molecule has 0 heterocycles. The number of aliphatic hydroxyl groups is 1. The minimum atomic E-state index is -1.21. The van der Waals surface area contributed by atoms with Gasteiger partial charge in [0.25, 0.3) is 0 Å². The van der Waals surface area contributed by atoms with Crippen LogP contribution in [0.5, 0.6) is 0 Å². The summed E-state index contributed by atoms with van der Waals surface area (Å²) in [7, 11) is -1.21. The summed E-state index contributed by atoms with van der Waals surface area (Å²) >= 11 is 0. The number of hydrogen-bond donors (Lipinski definition) is 1. The molecule has 0 aromatic carbocycles. The lowest BCUT2D eigenvalue weighted by Gasteiger charge is -2.24. The van der Waals surface area contributed by atoms with Gasteiger partial charge in [-0.15, -0.1) is 5.92 Å². The van der Waals surface area contributed by atoms with Crippen LogP contribution in [0.25, 0.3) is 0 Å². The molecule has 0 aliphatic heterocycles. The van der Waals surface area contributed by atoms with Crippen molar-refractivity contribution in [1.29, 1.82) is 0 Å². The Morgan fingerprint density at radius 1 is 0.941 bits per heavy atom. The molecule has 17 heavy (non-hydrogen) atoms. The van der Waals surface area contributed by atoms with E-state index in [1.54, 1.807) is 0 Å². The summed E-state index contributed by atoms with van der Waals surface area (Å²) < 4.78 is 0. The van der Waals surface area contributed by atoms with Gasteiger partial charge in [-0.2, -0.15) is 0 Å². The average molecular weight is 254 g/mol. The summed E-state index contributed by atoms with van der Waals surface area (Å²) in [6.45, 7) is 11.5. The van der Waals surface area contributed by atoms with Crippen molar-refractivity contribution in [3.05, 3.63) is 0 Å². The van der Waals surface area contributed by atoms with E-state index in [-0.39, 0.29) is 0 Å². The SMILES string of the molecule is CCCCC(O)C#CC(CCCC)[Si](C)(C)C. The molecule has 2 heteroatoms. The lowest BCUT2D eigenvalue weighted by molar-refractivity contribution is 0.218. The summed E-state index contributed by atoms with van der Waals surface area (Å²) in [6.07, 6.45) is 6.33. The smallest absolute Gasteiger partial charge is 0.114 e. The molecule has 0 aliphatic carbocycles. The Morgan fingerprint density at radius 3 is 1.94 bits per heavy atom. The molecule has 2 unspecified atom stereocenters. The fraction of sp³-hybridized carbons (Fsp3) is 0.867. The molecule has 0 rings (SSSR count). The van der Waals surface area contributed by atoms with E-state index in [2.05, 4.69) is 45.3 Å². The van der Waals surface area contributed by atoms with Crippen molar-refractivity contribution in [3.8, 4) is 11.8 Å². The lowest BCUT2D eigenvalue weighted by atomic mass is 10.1. The van der Waals surface area contributed by atoms with E-state index in [1.807, 2.05) is 0 Å². The van der Waals surface area contributed by atoms with Crippen molar-refractivity contribution in [3.63, 3.8) is 0 Å². The molecular weight excluding hydrogens is 224 g/mol. The Morgan fingerprint density at radius 2 is 1.47 bits per heavy atom. The molecule has 0 fully saturated rings. The molecule has 1 N–H and O–H groups in total. The van der Waals surface area contributed by atoms with Gasteiger partial charge in [0.2, 0.25) is 0 Å². The van der Waals surface area contributed by atoms with Crippen molar-refractivity contribution < 1.29 is 5.11 Å². The molecule has 2 atom stereocenters. The van der Waals surface area contributed by atoms with Gasteiger partial charge in [0.15, 0.2) is 0 Å². The van der Waals surface area contributed by atoms with E-state index in [0.29, 0.717) is 5.54 Å². The van der Waals surface area contributed by atoms with Crippen LogP contribution in [0.1, 0.15) is 52.4 Å². The van der Waals surface area contributed by atoms with Crippen LogP contribution in [0.2, 0.25) is 25.2 Å². The second-order valence-corrected chi connectivity index (χ2v) is 11.4. The molecule has 0 radical (unpaired) electrons. The molecule has 0 aromatic heterocycles. The van der Waals surface area contributed by atoms with E-state index >= 15 is 0 Å². The highest BCUT2D eigenvalue weighted by Crippen LogP contribution is 2.26. The quantitative estimate of drug-likeness (QED) is 0.526. The fourth-order valence-corrected chi connectivity index (χ4v) is 3.38. The normalized spacial score (nSPS) is 14.9. The number of aliphatic hydroxyl groups excluding tert-OH is 1. The van der Waals surface area contributed by atoms with Gasteiger partial charge in [-0.1, -0.05) is 65.1 Å². The third-order valence-electron chi connectivity index (χ3n) is 3.15. The zero-order valence-corrected chi connectivity index (χ0v) is 13.3. The molecule has 0 bridgehead atoms. The molecule has 0 amide bonds. The predicted molar refractivity (Wildman–Crippen MR) is 79.9 cm³/mol. The first-order chi connectivity index (χ1) is 7.91. The van der Waals surface area contributed by atoms with E-state index < -0.39 is 14.2 Å². The van der Waals surface area contributed by atoms with Gasteiger partial charge >= 0.3 is 0 Å². The summed E-state index contributed by atoms with van der Waals surface area (Å²) in [5.74, 6) is 6.44. The van der Waals surface area contributed by atoms with Crippen LogP contribution in [0.15, 0.2) is 0 Å². The Hall–Kier alpha value is -0.263. The molecule has 0 spiro atoms. The molecule has 0 aliphatic rings. The Balaban J connectivity index is 4.36. The zero-order chi connectivity index (χ0) is 13.3. The third-order valence-corrected chi connectivity index (χ3v) is 5.67. The summed E-state index contributed by atoms with van der Waals surface area (Å²) in [5, 5.41) is 9.76. The minimum Gasteiger partial charge on any atom is -0.380 e. The van der Waals surface area contributed by atoms with Gasteiger partial charge in [0, 0.05) is 5.54 Å². The van der Waals surface area contributed by atoms with Gasteiger partial charge in [0.05, 0.1) is 8.07 Å². The van der Waals surface area contributed by atoms with E-state index in [9.17, 15) is 5.11 Å². The number of hydrogen-bond acceptors (Lipinski definition) is 1. The maximum Gasteiger partial charge on any atom is 0.114 e. The van der Waals surface area contributed by atoms with Crippen LogP contribution in [0, 0.1) is 11.8 Å². The first-order valence-corrected chi connectivity index (χ1v) is 10.7. The molecule has 0 saturated heterocycles. The summed E-state index contributed by atoms with van der Waals surface area (Å²) in [5.41, 5.74) is 0.540. The molecular formula is C15H30OSi. The Bertz CT molecular complexity index is 244. The fourth-order valence-electron chi connectivity index (χ4n) is 1.80. The first-order valence-electron chi connectivity index (χ1n) is 7.10. The molecule has 100 valence electrons. The van der Waals surface area contributed by atoms with Crippen LogP contribution >= 0.6 is 0 Å².